The smallest absolute Gasteiger partial charge is 0.335 e. The van der Waals surface area contributed by atoms with Crippen molar-refractivity contribution in [3.8, 4) is 0 Å². The van der Waals surface area contributed by atoms with Gasteiger partial charge in [0.2, 0.25) is 5.91 Å². The fourth-order valence-corrected chi connectivity index (χ4v) is 1.94. The third kappa shape index (κ3) is 5.06. The highest BCUT2D eigenvalue weighted by molar-refractivity contribution is 5.99. The van der Waals surface area contributed by atoms with E-state index in [1.54, 1.807) is 0 Å². The van der Waals surface area contributed by atoms with Crippen LogP contribution in [0.5, 0.6) is 0 Å². The number of carbonyl (C=O) groups excluding carboxylic acids is 2. The average molecular weight is 323 g/mol. The lowest BCUT2D eigenvalue weighted by molar-refractivity contribution is -0.384. The van der Waals surface area contributed by atoms with E-state index in [0.717, 1.165) is 29.5 Å². The van der Waals surface area contributed by atoms with Crippen molar-refractivity contribution in [1.82, 2.24) is 4.90 Å². The van der Waals surface area contributed by atoms with Gasteiger partial charge in [-0.15, -0.1) is 0 Å². The SMILES string of the molecule is CCCCN(CC(N)=O)C(=O)c1cc(C(=O)O)cc([N+](=O)[O-])c1. The maximum absolute atomic E-state index is 12.4. The minimum Gasteiger partial charge on any atom is -0.478 e. The number of amides is 2. The first-order valence-corrected chi connectivity index (χ1v) is 6.86. The third-order valence-electron chi connectivity index (χ3n) is 3.04. The van der Waals surface area contributed by atoms with Gasteiger partial charge < -0.3 is 15.7 Å². The lowest BCUT2D eigenvalue weighted by Crippen LogP contribution is -2.39. The van der Waals surface area contributed by atoms with Crippen LogP contribution in [0.3, 0.4) is 0 Å². The summed E-state index contributed by atoms with van der Waals surface area (Å²) < 4.78 is 0. The molecule has 0 aliphatic carbocycles. The highest BCUT2D eigenvalue weighted by Crippen LogP contribution is 2.19. The number of nitro benzene ring substituents is 1. The summed E-state index contributed by atoms with van der Waals surface area (Å²) in [6.45, 7) is 1.79. The van der Waals surface area contributed by atoms with Crippen molar-refractivity contribution in [2.24, 2.45) is 5.73 Å². The van der Waals surface area contributed by atoms with Gasteiger partial charge in [0.25, 0.3) is 11.6 Å². The highest BCUT2D eigenvalue weighted by atomic mass is 16.6. The predicted octanol–water partition coefficient (Wildman–Crippen LogP) is 1.02. The van der Waals surface area contributed by atoms with Crippen LogP contribution in [0.15, 0.2) is 18.2 Å². The Labute approximate surface area is 131 Å². The first-order chi connectivity index (χ1) is 10.8. The number of benzene rings is 1. The second-order valence-corrected chi connectivity index (χ2v) is 4.88. The number of primary amides is 1. The number of aromatic carboxylic acids is 1. The van der Waals surface area contributed by atoms with Gasteiger partial charge in [-0.3, -0.25) is 19.7 Å². The van der Waals surface area contributed by atoms with E-state index in [2.05, 4.69) is 0 Å². The third-order valence-corrected chi connectivity index (χ3v) is 3.04. The van der Waals surface area contributed by atoms with E-state index >= 15 is 0 Å². The maximum Gasteiger partial charge on any atom is 0.335 e. The van der Waals surface area contributed by atoms with E-state index in [1.165, 1.54) is 0 Å². The number of hydrogen-bond acceptors (Lipinski definition) is 5. The van der Waals surface area contributed by atoms with Crippen LogP contribution >= 0.6 is 0 Å². The normalized spacial score (nSPS) is 10.1. The molecule has 0 spiro atoms. The topological polar surface area (TPSA) is 144 Å². The zero-order valence-corrected chi connectivity index (χ0v) is 12.5. The predicted molar refractivity (Wildman–Crippen MR) is 80.1 cm³/mol. The van der Waals surface area contributed by atoms with Crippen LogP contribution in [0.2, 0.25) is 0 Å². The van der Waals surface area contributed by atoms with Crippen molar-refractivity contribution in [3.05, 3.63) is 39.4 Å². The van der Waals surface area contributed by atoms with Gasteiger partial charge in [0.1, 0.15) is 0 Å². The lowest BCUT2D eigenvalue weighted by Gasteiger charge is -2.21. The van der Waals surface area contributed by atoms with E-state index in [4.69, 9.17) is 10.8 Å². The van der Waals surface area contributed by atoms with Crippen LogP contribution in [0, 0.1) is 10.1 Å². The number of unbranched alkanes of at least 4 members (excludes halogenated alkanes) is 1. The first-order valence-electron chi connectivity index (χ1n) is 6.86. The Morgan fingerprint density at radius 3 is 2.35 bits per heavy atom. The fraction of sp³-hybridized carbons (Fsp3) is 0.357. The van der Waals surface area contributed by atoms with Crippen LogP contribution < -0.4 is 5.73 Å². The fourth-order valence-electron chi connectivity index (χ4n) is 1.94. The summed E-state index contributed by atoms with van der Waals surface area (Å²) in [6, 6.07) is 2.88. The van der Waals surface area contributed by atoms with E-state index in [9.17, 15) is 24.5 Å². The van der Waals surface area contributed by atoms with Crippen LogP contribution in [-0.2, 0) is 4.79 Å². The Bertz CT molecular complexity index is 611. The van der Waals surface area contributed by atoms with Crippen molar-refractivity contribution >= 4 is 23.5 Å². The quantitative estimate of drug-likeness (QED) is 0.540. The maximum atomic E-state index is 12.4. The summed E-state index contributed by atoms with van der Waals surface area (Å²) in [6.07, 6.45) is 1.37. The number of nitrogens with zero attached hydrogens (tertiary/aromatic N) is 2. The Hall–Kier alpha value is -2.97. The molecule has 1 aromatic carbocycles. The molecule has 1 rings (SSSR count). The minimum atomic E-state index is -1.39. The molecule has 0 saturated heterocycles. The van der Waals surface area contributed by atoms with Gasteiger partial charge in [-0.05, 0) is 12.5 Å². The van der Waals surface area contributed by atoms with Gasteiger partial charge in [-0.1, -0.05) is 13.3 Å². The van der Waals surface area contributed by atoms with E-state index in [1.807, 2.05) is 6.92 Å². The summed E-state index contributed by atoms with van der Waals surface area (Å²) in [5.74, 6) is -2.79. The summed E-state index contributed by atoms with van der Waals surface area (Å²) in [5.41, 5.74) is 4.04. The monoisotopic (exact) mass is 323 g/mol. The van der Waals surface area contributed by atoms with Gasteiger partial charge in [0.05, 0.1) is 17.0 Å². The minimum absolute atomic E-state index is 0.172. The van der Waals surface area contributed by atoms with Gasteiger partial charge in [0, 0.05) is 24.2 Å². The molecular formula is C14H17N3O6. The number of carbonyl (C=O) groups is 3. The molecule has 0 saturated carbocycles. The molecule has 1 aromatic rings. The lowest BCUT2D eigenvalue weighted by atomic mass is 10.1. The summed E-state index contributed by atoms with van der Waals surface area (Å²) in [7, 11) is 0. The molecular weight excluding hydrogens is 306 g/mol. The van der Waals surface area contributed by atoms with Crippen molar-refractivity contribution in [2.75, 3.05) is 13.1 Å². The number of nitro groups is 1. The standard InChI is InChI=1S/C14H17N3O6/c1-2-3-4-16(8-12(15)18)13(19)9-5-10(14(20)21)7-11(6-9)17(22)23/h5-7H,2-4,8H2,1H3,(H2,15,18)(H,20,21). The molecule has 0 atom stereocenters. The van der Waals surface area contributed by atoms with E-state index < -0.39 is 28.4 Å². The number of carboxylic acids is 1. The van der Waals surface area contributed by atoms with Crippen molar-refractivity contribution in [2.45, 2.75) is 19.8 Å². The van der Waals surface area contributed by atoms with Crippen LogP contribution in [0.1, 0.15) is 40.5 Å². The molecule has 9 heteroatoms. The van der Waals surface area contributed by atoms with Gasteiger partial charge in [-0.25, -0.2) is 4.79 Å². The van der Waals surface area contributed by atoms with Crippen molar-refractivity contribution in [3.63, 3.8) is 0 Å². The molecule has 0 unspecified atom stereocenters. The zero-order chi connectivity index (χ0) is 17.6. The molecule has 3 N–H and O–H groups in total. The van der Waals surface area contributed by atoms with Gasteiger partial charge in [-0.2, -0.15) is 0 Å². The second kappa shape index (κ2) is 7.87. The number of carboxylic acid groups (broad SMARTS) is 1. The number of rotatable bonds is 8. The Balaban J connectivity index is 3.23. The summed E-state index contributed by atoms with van der Waals surface area (Å²) >= 11 is 0. The van der Waals surface area contributed by atoms with E-state index in [0.29, 0.717) is 6.42 Å². The molecule has 0 aliphatic heterocycles. The zero-order valence-electron chi connectivity index (χ0n) is 12.5. The molecule has 124 valence electrons. The van der Waals surface area contributed by atoms with Crippen molar-refractivity contribution in [1.29, 1.82) is 0 Å². The van der Waals surface area contributed by atoms with Gasteiger partial charge >= 0.3 is 5.97 Å². The van der Waals surface area contributed by atoms with E-state index in [-0.39, 0.29) is 24.2 Å². The number of non-ortho nitro benzene ring substituents is 1. The first kappa shape index (κ1) is 18.1. The molecule has 0 aliphatic rings. The highest BCUT2D eigenvalue weighted by Gasteiger charge is 2.22. The largest absolute Gasteiger partial charge is 0.478 e. The molecule has 0 heterocycles. The molecule has 0 fully saturated rings. The molecule has 23 heavy (non-hydrogen) atoms. The number of nitrogens with two attached hydrogens (primary N) is 1. The van der Waals surface area contributed by atoms with Crippen molar-refractivity contribution < 1.29 is 24.4 Å². The second-order valence-electron chi connectivity index (χ2n) is 4.88. The van der Waals surface area contributed by atoms with Crippen LogP contribution in [-0.4, -0.2) is 45.8 Å². The Morgan fingerprint density at radius 1 is 1.26 bits per heavy atom. The Morgan fingerprint density at radius 2 is 1.87 bits per heavy atom. The summed E-state index contributed by atoms with van der Waals surface area (Å²) in [5, 5.41) is 19.9. The van der Waals surface area contributed by atoms with Gasteiger partial charge in [0.15, 0.2) is 0 Å². The molecule has 0 aromatic heterocycles. The molecule has 9 nitrogen and oxygen atoms in total. The summed E-state index contributed by atoms with van der Waals surface area (Å²) in [4.78, 5) is 45.8. The molecule has 0 bridgehead atoms. The number of hydrogen-bond donors (Lipinski definition) is 2. The molecule has 2 amide bonds. The Kier molecular flexibility index (Phi) is 6.19. The van der Waals surface area contributed by atoms with Crippen LogP contribution in [0.4, 0.5) is 5.69 Å². The average Bonchev–Trinajstić information content (AvgIpc) is 2.49. The van der Waals surface area contributed by atoms with Crippen LogP contribution in [0.25, 0.3) is 0 Å². The molecule has 0 radical (unpaired) electrons.